The summed E-state index contributed by atoms with van der Waals surface area (Å²) in [5.74, 6) is -0.987. The van der Waals surface area contributed by atoms with Gasteiger partial charge in [0.15, 0.2) is 0 Å². The van der Waals surface area contributed by atoms with Gasteiger partial charge in [0.1, 0.15) is 17.5 Å². The Bertz CT molecular complexity index is 1250. The average Bonchev–Trinajstić information content (AvgIpc) is 3.11. The Morgan fingerprint density at radius 1 is 1.10 bits per heavy atom. The minimum atomic E-state index is -1.11. The van der Waals surface area contributed by atoms with E-state index in [0.717, 1.165) is 27.4 Å². The van der Waals surface area contributed by atoms with Crippen LogP contribution >= 0.6 is 0 Å². The minimum absolute atomic E-state index is 0.146. The van der Waals surface area contributed by atoms with Crippen molar-refractivity contribution in [1.29, 1.82) is 0 Å². The molecule has 29 heavy (non-hydrogen) atoms. The van der Waals surface area contributed by atoms with E-state index in [-0.39, 0.29) is 5.69 Å². The number of nitrogens with one attached hydrogen (secondary N) is 2. The maximum absolute atomic E-state index is 12.7. The minimum Gasteiger partial charge on any atom is -0.497 e. The second-order valence-corrected chi connectivity index (χ2v) is 6.71. The number of carboxylic acids is 1. The van der Waals surface area contributed by atoms with E-state index in [1.165, 1.54) is 6.92 Å². The van der Waals surface area contributed by atoms with Gasteiger partial charge in [-0.15, -0.1) is 0 Å². The number of carboxylic acid groups (broad SMARTS) is 1. The van der Waals surface area contributed by atoms with Crippen molar-refractivity contribution in [1.82, 2.24) is 15.3 Å². The first-order valence-electron chi connectivity index (χ1n) is 9.07. The number of aromatic amines is 1. The van der Waals surface area contributed by atoms with Crippen LogP contribution in [0.5, 0.6) is 5.75 Å². The summed E-state index contributed by atoms with van der Waals surface area (Å²) in [5.41, 5.74) is 3.23. The predicted octanol–water partition coefficient (Wildman–Crippen LogP) is 3.59. The molecule has 7 heteroatoms. The number of aliphatic carboxylic acids is 1. The highest BCUT2D eigenvalue weighted by molar-refractivity contribution is 6.13. The van der Waals surface area contributed by atoms with Gasteiger partial charge in [-0.25, -0.2) is 4.98 Å². The lowest BCUT2D eigenvalue weighted by Gasteiger charge is -2.11. The standard InChI is InChI=1S/C22H19N3O4/c1-12(22(27)28)23-21(26)18-11-16-15-8-3-4-9-17(15)24-20(16)19(25-18)13-6-5-7-14(10-13)29-2/h3-12,24H,1-2H3,(H,23,26)(H,27,28)/t12-/m1/s1. The van der Waals surface area contributed by atoms with E-state index in [9.17, 15) is 9.59 Å². The molecule has 0 radical (unpaired) electrons. The summed E-state index contributed by atoms with van der Waals surface area (Å²) in [4.78, 5) is 31.8. The number of ether oxygens (including phenoxy) is 1. The summed E-state index contributed by atoms with van der Waals surface area (Å²) in [6.07, 6.45) is 0. The summed E-state index contributed by atoms with van der Waals surface area (Å²) in [6, 6.07) is 15.8. The fourth-order valence-electron chi connectivity index (χ4n) is 3.27. The summed E-state index contributed by atoms with van der Waals surface area (Å²) < 4.78 is 5.32. The Morgan fingerprint density at radius 3 is 2.66 bits per heavy atom. The Balaban J connectivity index is 1.95. The smallest absolute Gasteiger partial charge is 0.325 e. The van der Waals surface area contributed by atoms with E-state index < -0.39 is 17.9 Å². The Kier molecular flexibility index (Phi) is 4.64. The Labute approximate surface area is 166 Å². The number of hydrogen-bond donors (Lipinski definition) is 3. The SMILES string of the molecule is COc1cccc(-c2nc(C(=O)N[C@H](C)C(=O)O)cc3c2[nH]c2ccccc23)c1. The summed E-state index contributed by atoms with van der Waals surface area (Å²) >= 11 is 0. The maximum atomic E-state index is 12.7. The number of H-pyrrole nitrogens is 1. The average molecular weight is 389 g/mol. The zero-order valence-electron chi connectivity index (χ0n) is 15.9. The van der Waals surface area contributed by atoms with Crippen molar-refractivity contribution in [3.63, 3.8) is 0 Å². The molecule has 0 fully saturated rings. The van der Waals surface area contributed by atoms with Gasteiger partial charge < -0.3 is 20.1 Å². The van der Waals surface area contributed by atoms with E-state index in [0.29, 0.717) is 11.4 Å². The molecule has 1 amide bonds. The fourth-order valence-corrected chi connectivity index (χ4v) is 3.27. The molecule has 0 unspecified atom stereocenters. The zero-order valence-corrected chi connectivity index (χ0v) is 15.9. The Hall–Kier alpha value is -3.87. The lowest BCUT2D eigenvalue weighted by atomic mass is 10.1. The molecule has 4 aromatic rings. The Morgan fingerprint density at radius 2 is 1.90 bits per heavy atom. The third kappa shape index (κ3) is 3.38. The molecule has 146 valence electrons. The van der Waals surface area contributed by atoms with E-state index in [2.05, 4.69) is 15.3 Å². The quantitative estimate of drug-likeness (QED) is 0.484. The third-order valence-corrected chi connectivity index (χ3v) is 4.79. The van der Waals surface area contributed by atoms with Crippen LogP contribution < -0.4 is 10.1 Å². The first-order chi connectivity index (χ1) is 14.0. The number of carbonyl (C=O) groups is 2. The summed E-state index contributed by atoms with van der Waals surface area (Å²) in [5, 5.41) is 13.3. The second kappa shape index (κ2) is 7.27. The van der Waals surface area contributed by atoms with Crippen LogP contribution in [0.1, 0.15) is 17.4 Å². The predicted molar refractivity (Wildman–Crippen MR) is 110 cm³/mol. The van der Waals surface area contributed by atoms with Crippen LogP contribution in [0.2, 0.25) is 0 Å². The normalized spacial score (nSPS) is 12.1. The molecule has 0 spiro atoms. The van der Waals surface area contributed by atoms with Crippen molar-refractivity contribution in [2.75, 3.05) is 7.11 Å². The molecule has 3 N–H and O–H groups in total. The molecule has 2 heterocycles. The molecule has 7 nitrogen and oxygen atoms in total. The molecule has 4 rings (SSSR count). The topological polar surface area (TPSA) is 104 Å². The van der Waals surface area contributed by atoms with Crippen LogP contribution in [0.25, 0.3) is 33.1 Å². The van der Waals surface area contributed by atoms with Crippen LogP contribution in [0, 0.1) is 0 Å². The van der Waals surface area contributed by atoms with Gasteiger partial charge in [0, 0.05) is 21.9 Å². The first kappa shape index (κ1) is 18.5. The van der Waals surface area contributed by atoms with Gasteiger partial charge >= 0.3 is 5.97 Å². The molecule has 0 aliphatic rings. The molecule has 0 aliphatic carbocycles. The molecular formula is C22H19N3O4. The van der Waals surface area contributed by atoms with Crippen molar-refractivity contribution < 1.29 is 19.4 Å². The number of aromatic nitrogens is 2. The largest absolute Gasteiger partial charge is 0.497 e. The highest BCUT2D eigenvalue weighted by Crippen LogP contribution is 2.33. The molecular weight excluding hydrogens is 370 g/mol. The second-order valence-electron chi connectivity index (χ2n) is 6.71. The number of methoxy groups -OCH3 is 1. The maximum Gasteiger partial charge on any atom is 0.325 e. The van der Waals surface area contributed by atoms with Crippen LogP contribution in [0.4, 0.5) is 0 Å². The van der Waals surface area contributed by atoms with Crippen LogP contribution in [0.3, 0.4) is 0 Å². The number of carbonyl (C=O) groups excluding carboxylic acids is 1. The van der Waals surface area contributed by atoms with Crippen LogP contribution in [-0.2, 0) is 4.79 Å². The first-order valence-corrected chi connectivity index (χ1v) is 9.07. The number of amides is 1. The van der Waals surface area contributed by atoms with Gasteiger partial charge in [0.25, 0.3) is 5.91 Å². The van der Waals surface area contributed by atoms with Crippen LogP contribution in [0.15, 0.2) is 54.6 Å². The van der Waals surface area contributed by atoms with E-state index in [1.807, 2.05) is 48.5 Å². The molecule has 0 aliphatic heterocycles. The van der Waals surface area contributed by atoms with Crippen molar-refractivity contribution >= 4 is 33.7 Å². The van der Waals surface area contributed by atoms with Crippen molar-refractivity contribution in [3.8, 4) is 17.0 Å². The number of hydrogen-bond acceptors (Lipinski definition) is 4. The van der Waals surface area contributed by atoms with Crippen molar-refractivity contribution in [2.24, 2.45) is 0 Å². The molecule has 2 aromatic carbocycles. The van der Waals surface area contributed by atoms with E-state index in [1.54, 1.807) is 13.2 Å². The highest BCUT2D eigenvalue weighted by atomic mass is 16.5. The number of para-hydroxylation sites is 1. The molecule has 0 bridgehead atoms. The van der Waals surface area contributed by atoms with Crippen LogP contribution in [-0.4, -0.2) is 40.1 Å². The number of pyridine rings is 1. The van der Waals surface area contributed by atoms with Gasteiger partial charge in [0.2, 0.25) is 0 Å². The molecule has 0 saturated carbocycles. The molecule has 0 saturated heterocycles. The zero-order chi connectivity index (χ0) is 20.5. The van der Waals surface area contributed by atoms with Gasteiger partial charge in [-0.1, -0.05) is 30.3 Å². The number of nitrogens with zero attached hydrogens (tertiary/aromatic N) is 1. The fraction of sp³-hybridized carbons (Fsp3) is 0.136. The van der Waals surface area contributed by atoms with E-state index in [4.69, 9.17) is 9.84 Å². The van der Waals surface area contributed by atoms with Gasteiger partial charge in [-0.3, -0.25) is 9.59 Å². The summed E-state index contributed by atoms with van der Waals surface area (Å²) in [6.45, 7) is 1.41. The molecule has 2 aromatic heterocycles. The van der Waals surface area contributed by atoms with Gasteiger partial charge in [0.05, 0.1) is 18.3 Å². The molecule has 1 atom stereocenters. The monoisotopic (exact) mass is 389 g/mol. The lowest BCUT2D eigenvalue weighted by Crippen LogP contribution is -2.38. The third-order valence-electron chi connectivity index (χ3n) is 4.79. The lowest BCUT2D eigenvalue weighted by molar-refractivity contribution is -0.138. The highest BCUT2D eigenvalue weighted by Gasteiger charge is 2.20. The number of fused-ring (bicyclic) bond motifs is 3. The van der Waals surface area contributed by atoms with Crippen molar-refractivity contribution in [2.45, 2.75) is 13.0 Å². The summed E-state index contributed by atoms with van der Waals surface area (Å²) in [7, 11) is 1.59. The van der Waals surface area contributed by atoms with Gasteiger partial charge in [-0.05, 0) is 31.2 Å². The van der Waals surface area contributed by atoms with E-state index >= 15 is 0 Å². The van der Waals surface area contributed by atoms with Crippen molar-refractivity contribution in [3.05, 3.63) is 60.3 Å². The number of benzene rings is 2. The van der Waals surface area contributed by atoms with Gasteiger partial charge in [-0.2, -0.15) is 0 Å². The number of rotatable bonds is 5.